The number of anilines is 1. The zero-order chi connectivity index (χ0) is 19.8. The highest BCUT2D eigenvalue weighted by Crippen LogP contribution is 2.34. The van der Waals surface area contributed by atoms with E-state index in [1.54, 1.807) is 23.5 Å². The van der Waals surface area contributed by atoms with Gasteiger partial charge in [-0.05, 0) is 50.2 Å². The Labute approximate surface area is 176 Å². The lowest BCUT2D eigenvalue weighted by atomic mass is 10.1. The van der Waals surface area contributed by atoms with Crippen molar-refractivity contribution in [3.63, 3.8) is 0 Å². The molecule has 1 amide bonds. The number of amides is 1. The molecule has 1 aliphatic heterocycles. The zero-order valence-electron chi connectivity index (χ0n) is 15.2. The number of carbonyl (C=O) groups excluding carboxylic acids is 1. The fraction of sp³-hybridized carbons (Fsp3) is 0.200. The summed E-state index contributed by atoms with van der Waals surface area (Å²) in [6, 6.07) is 11.3. The van der Waals surface area contributed by atoms with E-state index >= 15 is 0 Å². The van der Waals surface area contributed by atoms with Gasteiger partial charge in [-0.15, -0.1) is 11.3 Å². The van der Waals surface area contributed by atoms with Crippen LogP contribution in [0.4, 0.5) is 11.4 Å². The number of hydrogen-bond acceptors (Lipinski definition) is 4. The van der Waals surface area contributed by atoms with E-state index in [1.807, 2.05) is 24.3 Å². The molecule has 0 atom stereocenters. The normalized spacial score (nSPS) is 14.0. The average Bonchev–Trinajstić information content (AvgIpc) is 3.08. The predicted octanol–water partition coefficient (Wildman–Crippen LogP) is 5.67. The first kappa shape index (κ1) is 19.1. The summed E-state index contributed by atoms with van der Waals surface area (Å²) in [6.07, 6.45) is 0. The van der Waals surface area contributed by atoms with E-state index in [0.29, 0.717) is 21.5 Å². The molecule has 0 saturated heterocycles. The molecule has 0 radical (unpaired) electrons. The highest BCUT2D eigenvalue weighted by atomic mass is 35.5. The number of aromatic nitrogens is 1. The molecule has 8 heteroatoms. The largest absolute Gasteiger partial charge is 0.482 e. The van der Waals surface area contributed by atoms with Crippen molar-refractivity contribution >= 4 is 51.8 Å². The first-order valence-corrected chi connectivity index (χ1v) is 10.3. The number of carbonyl (C=O) groups is 1. The molecule has 0 unspecified atom stereocenters. The molecule has 0 saturated carbocycles. The van der Waals surface area contributed by atoms with Crippen molar-refractivity contribution < 1.29 is 9.53 Å². The Morgan fingerprint density at radius 2 is 2.00 bits per heavy atom. The minimum Gasteiger partial charge on any atom is -0.482 e. The molecule has 5 nitrogen and oxygen atoms in total. The van der Waals surface area contributed by atoms with Gasteiger partial charge in [-0.1, -0.05) is 23.2 Å². The Bertz CT molecular complexity index is 1130. The van der Waals surface area contributed by atoms with Gasteiger partial charge in [-0.2, -0.15) is 0 Å². The number of nitrogens with zero attached hydrogens (tertiary/aromatic N) is 2. The number of benzene rings is 2. The van der Waals surface area contributed by atoms with Gasteiger partial charge in [0.25, 0.3) is 5.91 Å². The van der Waals surface area contributed by atoms with Crippen LogP contribution in [-0.2, 0) is 4.79 Å². The number of fused-ring (bicyclic) bond motifs is 1. The van der Waals surface area contributed by atoms with Crippen molar-refractivity contribution in [3.8, 4) is 17.0 Å². The maximum atomic E-state index is 11.6. The van der Waals surface area contributed by atoms with E-state index in [2.05, 4.69) is 29.1 Å². The standard InChI is InChI=1S/C20H17Cl2N3O2S/c1-11(2)25-17(12-3-6-18-16(7-12)24-19(26)9-27-18)10-28-20(25)23-13-4-5-14(21)15(22)8-13/h3-8,10-11H,9H2,1-2H3,(H,24,26). The smallest absolute Gasteiger partial charge is 0.262 e. The fourth-order valence-corrected chi connectivity index (χ4v) is 4.36. The van der Waals surface area contributed by atoms with Gasteiger partial charge in [-0.3, -0.25) is 4.79 Å². The maximum Gasteiger partial charge on any atom is 0.262 e. The monoisotopic (exact) mass is 433 g/mol. The number of thiazole rings is 1. The average molecular weight is 434 g/mol. The van der Waals surface area contributed by atoms with Crippen molar-refractivity contribution in [3.05, 3.63) is 56.6 Å². The molecule has 0 bridgehead atoms. The van der Waals surface area contributed by atoms with Gasteiger partial charge in [0.1, 0.15) is 5.75 Å². The summed E-state index contributed by atoms with van der Waals surface area (Å²) in [5, 5.41) is 5.89. The minimum atomic E-state index is -0.151. The number of rotatable bonds is 3. The van der Waals surface area contributed by atoms with Crippen LogP contribution in [0.5, 0.6) is 5.75 Å². The minimum absolute atomic E-state index is 0.0451. The van der Waals surface area contributed by atoms with Crippen LogP contribution < -0.4 is 14.9 Å². The highest BCUT2D eigenvalue weighted by Gasteiger charge is 2.18. The molecular formula is C20H17Cl2N3O2S. The van der Waals surface area contributed by atoms with Gasteiger partial charge in [0, 0.05) is 17.0 Å². The lowest BCUT2D eigenvalue weighted by Crippen LogP contribution is -2.25. The number of ether oxygens (including phenoxy) is 1. The SMILES string of the molecule is CC(C)n1c(-c2ccc3c(c2)NC(=O)CO3)csc1=Nc1ccc(Cl)c(Cl)c1. The van der Waals surface area contributed by atoms with Gasteiger partial charge < -0.3 is 14.6 Å². The summed E-state index contributed by atoms with van der Waals surface area (Å²) in [7, 11) is 0. The van der Waals surface area contributed by atoms with Gasteiger partial charge in [-0.25, -0.2) is 4.99 Å². The summed E-state index contributed by atoms with van der Waals surface area (Å²) in [5.74, 6) is 0.525. The molecule has 0 spiro atoms. The molecule has 3 aromatic rings. The van der Waals surface area contributed by atoms with E-state index in [-0.39, 0.29) is 18.6 Å². The molecule has 28 heavy (non-hydrogen) atoms. The lowest BCUT2D eigenvalue weighted by Gasteiger charge is -2.19. The summed E-state index contributed by atoms with van der Waals surface area (Å²) >= 11 is 13.7. The van der Waals surface area contributed by atoms with Crippen LogP contribution in [0.1, 0.15) is 19.9 Å². The zero-order valence-corrected chi connectivity index (χ0v) is 17.5. The third-order valence-corrected chi connectivity index (χ3v) is 5.87. The highest BCUT2D eigenvalue weighted by molar-refractivity contribution is 7.07. The summed E-state index contributed by atoms with van der Waals surface area (Å²) in [4.78, 5) is 17.2. The number of nitrogens with one attached hydrogen (secondary N) is 1. The molecule has 1 aromatic heterocycles. The quantitative estimate of drug-likeness (QED) is 0.578. The van der Waals surface area contributed by atoms with Crippen LogP contribution in [0.15, 0.2) is 46.8 Å². The Kier molecular flexibility index (Phi) is 5.19. The molecule has 1 N–H and O–H groups in total. The van der Waals surface area contributed by atoms with E-state index in [4.69, 9.17) is 32.9 Å². The molecule has 4 rings (SSSR count). The summed E-state index contributed by atoms with van der Waals surface area (Å²) in [6.45, 7) is 4.25. The maximum absolute atomic E-state index is 11.6. The Morgan fingerprint density at radius 1 is 1.18 bits per heavy atom. The van der Waals surface area contributed by atoms with Crippen molar-refractivity contribution in [2.24, 2.45) is 4.99 Å². The summed E-state index contributed by atoms with van der Waals surface area (Å²) < 4.78 is 7.60. The van der Waals surface area contributed by atoms with E-state index < -0.39 is 0 Å². The van der Waals surface area contributed by atoms with Crippen LogP contribution in [0.25, 0.3) is 11.3 Å². The van der Waals surface area contributed by atoms with Crippen LogP contribution in [0, 0.1) is 0 Å². The first-order valence-electron chi connectivity index (χ1n) is 8.69. The summed E-state index contributed by atoms with van der Waals surface area (Å²) in [5.41, 5.74) is 3.41. The molecule has 0 fully saturated rings. The van der Waals surface area contributed by atoms with Crippen molar-refractivity contribution in [2.45, 2.75) is 19.9 Å². The third kappa shape index (κ3) is 3.68. The first-order chi connectivity index (χ1) is 13.4. The molecular weight excluding hydrogens is 417 g/mol. The van der Waals surface area contributed by atoms with Crippen molar-refractivity contribution in [1.82, 2.24) is 4.57 Å². The van der Waals surface area contributed by atoms with Crippen molar-refractivity contribution in [2.75, 3.05) is 11.9 Å². The molecule has 1 aliphatic rings. The van der Waals surface area contributed by atoms with Crippen LogP contribution in [-0.4, -0.2) is 17.1 Å². The Morgan fingerprint density at radius 3 is 2.75 bits per heavy atom. The lowest BCUT2D eigenvalue weighted by molar-refractivity contribution is -0.118. The second kappa shape index (κ2) is 7.62. The molecule has 144 valence electrons. The van der Waals surface area contributed by atoms with Gasteiger partial charge in [0.05, 0.1) is 27.1 Å². The van der Waals surface area contributed by atoms with E-state index in [0.717, 1.165) is 21.7 Å². The predicted molar refractivity (Wildman–Crippen MR) is 114 cm³/mol. The van der Waals surface area contributed by atoms with Gasteiger partial charge in [0.2, 0.25) is 0 Å². The Hall–Kier alpha value is -2.28. The van der Waals surface area contributed by atoms with Gasteiger partial charge in [0.15, 0.2) is 11.4 Å². The number of halogens is 2. The molecule has 0 aliphatic carbocycles. The topological polar surface area (TPSA) is 55.6 Å². The fourth-order valence-electron chi connectivity index (χ4n) is 3.02. The van der Waals surface area contributed by atoms with Crippen LogP contribution >= 0.6 is 34.5 Å². The van der Waals surface area contributed by atoms with Crippen LogP contribution in [0.3, 0.4) is 0 Å². The third-order valence-electron chi connectivity index (χ3n) is 4.29. The molecule has 2 aromatic carbocycles. The number of hydrogen-bond donors (Lipinski definition) is 1. The second-order valence-electron chi connectivity index (χ2n) is 6.63. The van der Waals surface area contributed by atoms with E-state index in [9.17, 15) is 4.79 Å². The van der Waals surface area contributed by atoms with Crippen LogP contribution in [0.2, 0.25) is 10.0 Å². The van der Waals surface area contributed by atoms with Crippen molar-refractivity contribution in [1.29, 1.82) is 0 Å². The Balaban J connectivity index is 1.81. The van der Waals surface area contributed by atoms with Gasteiger partial charge >= 0.3 is 0 Å². The molecule has 2 heterocycles. The second-order valence-corrected chi connectivity index (χ2v) is 8.28. The van der Waals surface area contributed by atoms with E-state index in [1.165, 1.54) is 0 Å².